The first-order valence-corrected chi connectivity index (χ1v) is 10.1. The summed E-state index contributed by atoms with van der Waals surface area (Å²) in [6, 6.07) is 16.5. The van der Waals surface area contributed by atoms with Gasteiger partial charge >= 0.3 is 0 Å². The van der Waals surface area contributed by atoms with Crippen LogP contribution in [0.2, 0.25) is 10.0 Å². The molecule has 29 heavy (non-hydrogen) atoms. The van der Waals surface area contributed by atoms with Gasteiger partial charge in [-0.1, -0.05) is 41.4 Å². The molecule has 1 aliphatic heterocycles. The van der Waals surface area contributed by atoms with E-state index in [1.807, 2.05) is 36.4 Å². The summed E-state index contributed by atoms with van der Waals surface area (Å²) in [7, 11) is 0. The Kier molecular flexibility index (Phi) is 6.09. The quantitative estimate of drug-likeness (QED) is 0.572. The molecule has 0 bridgehead atoms. The van der Waals surface area contributed by atoms with Crippen molar-refractivity contribution in [3.8, 4) is 17.4 Å². The molecule has 150 valence electrons. The van der Waals surface area contributed by atoms with E-state index >= 15 is 0 Å². The molecule has 0 amide bonds. The minimum Gasteiger partial charge on any atom is -0.471 e. The number of hydrogen-bond donors (Lipinski definition) is 1. The molecular weight excluding hydrogens is 411 g/mol. The third-order valence-corrected chi connectivity index (χ3v) is 5.38. The average Bonchev–Trinajstić information content (AvgIpc) is 3.20. The Balaban J connectivity index is 1.51. The molecule has 1 fully saturated rings. The van der Waals surface area contributed by atoms with Crippen molar-refractivity contribution < 1.29 is 14.6 Å². The van der Waals surface area contributed by atoms with Gasteiger partial charge < -0.3 is 19.5 Å². The molecule has 7 heteroatoms. The molecule has 0 spiro atoms. The van der Waals surface area contributed by atoms with Crippen LogP contribution < -0.4 is 14.4 Å². The average molecular weight is 431 g/mol. The van der Waals surface area contributed by atoms with Gasteiger partial charge in [-0.3, -0.25) is 0 Å². The number of hydrogen-bond acceptors (Lipinski definition) is 5. The molecule has 1 unspecified atom stereocenters. The number of benzene rings is 2. The number of aliphatic hydroxyl groups is 1. The molecular formula is C22H20Cl2N2O3. The van der Waals surface area contributed by atoms with E-state index in [0.29, 0.717) is 34.0 Å². The third kappa shape index (κ3) is 4.58. The van der Waals surface area contributed by atoms with E-state index in [-0.39, 0.29) is 12.7 Å². The van der Waals surface area contributed by atoms with Gasteiger partial charge in [-0.15, -0.1) is 0 Å². The predicted octanol–water partition coefficient (Wildman–Crippen LogP) is 5.33. The van der Waals surface area contributed by atoms with E-state index < -0.39 is 0 Å². The summed E-state index contributed by atoms with van der Waals surface area (Å²) in [5.74, 6) is 1.69. The smallest absolute Gasteiger partial charge is 0.232 e. The second-order valence-electron chi connectivity index (χ2n) is 6.75. The summed E-state index contributed by atoms with van der Waals surface area (Å²) < 4.78 is 11.9. The monoisotopic (exact) mass is 430 g/mol. The van der Waals surface area contributed by atoms with Gasteiger partial charge in [0.1, 0.15) is 22.6 Å². The first-order chi connectivity index (χ1) is 14.1. The Labute approximate surface area is 179 Å². The molecule has 5 nitrogen and oxygen atoms in total. The van der Waals surface area contributed by atoms with Crippen LogP contribution in [0.15, 0.2) is 60.8 Å². The van der Waals surface area contributed by atoms with Crippen molar-refractivity contribution in [2.24, 2.45) is 0 Å². The SMILES string of the molecule is OCc1ccc(Oc2ccccc2Cl)cc1N1CCC(Oc2ncccc2Cl)C1. The van der Waals surface area contributed by atoms with E-state index in [0.717, 1.165) is 24.2 Å². The maximum atomic E-state index is 9.79. The van der Waals surface area contributed by atoms with Gasteiger partial charge in [0.2, 0.25) is 5.88 Å². The summed E-state index contributed by atoms with van der Waals surface area (Å²) in [5, 5.41) is 10.8. The highest BCUT2D eigenvalue weighted by Crippen LogP contribution is 2.34. The van der Waals surface area contributed by atoms with Gasteiger partial charge in [-0.25, -0.2) is 4.98 Å². The van der Waals surface area contributed by atoms with E-state index in [9.17, 15) is 5.11 Å². The lowest BCUT2D eigenvalue weighted by Gasteiger charge is -2.22. The van der Waals surface area contributed by atoms with Gasteiger partial charge in [-0.05, 0) is 30.3 Å². The lowest BCUT2D eigenvalue weighted by molar-refractivity contribution is 0.216. The highest BCUT2D eigenvalue weighted by molar-refractivity contribution is 6.32. The Morgan fingerprint density at radius 1 is 1.07 bits per heavy atom. The van der Waals surface area contributed by atoms with Gasteiger partial charge in [0, 0.05) is 36.5 Å². The van der Waals surface area contributed by atoms with Crippen LogP contribution in [0.5, 0.6) is 17.4 Å². The molecule has 0 saturated carbocycles. The second kappa shape index (κ2) is 8.91. The zero-order chi connectivity index (χ0) is 20.2. The maximum absolute atomic E-state index is 9.79. The number of ether oxygens (including phenoxy) is 2. The zero-order valence-electron chi connectivity index (χ0n) is 15.6. The molecule has 0 radical (unpaired) electrons. The number of para-hydroxylation sites is 1. The van der Waals surface area contributed by atoms with Crippen molar-refractivity contribution in [2.45, 2.75) is 19.1 Å². The number of nitrogens with zero attached hydrogens (tertiary/aromatic N) is 2. The van der Waals surface area contributed by atoms with Crippen LogP contribution in [0.3, 0.4) is 0 Å². The van der Waals surface area contributed by atoms with Crippen LogP contribution in [0.1, 0.15) is 12.0 Å². The lowest BCUT2D eigenvalue weighted by atomic mass is 10.1. The summed E-state index contributed by atoms with van der Waals surface area (Å²) in [6.07, 6.45) is 2.45. The number of rotatable bonds is 6. The van der Waals surface area contributed by atoms with Crippen LogP contribution >= 0.6 is 23.2 Å². The molecule has 0 aliphatic carbocycles. The molecule has 3 aromatic rings. The van der Waals surface area contributed by atoms with Crippen molar-refractivity contribution in [3.63, 3.8) is 0 Å². The van der Waals surface area contributed by atoms with Gasteiger partial charge in [0.25, 0.3) is 0 Å². The number of pyridine rings is 1. The molecule has 2 aromatic carbocycles. The zero-order valence-corrected chi connectivity index (χ0v) is 17.1. The topological polar surface area (TPSA) is 54.8 Å². The van der Waals surface area contributed by atoms with Crippen LogP contribution in [0, 0.1) is 0 Å². The molecule has 2 heterocycles. The first kappa shape index (κ1) is 19.8. The van der Waals surface area contributed by atoms with Gasteiger partial charge in [0.05, 0.1) is 18.2 Å². The molecule has 4 rings (SSSR count). The third-order valence-electron chi connectivity index (χ3n) is 4.78. The number of anilines is 1. The molecule has 1 saturated heterocycles. The normalized spacial score (nSPS) is 16.1. The van der Waals surface area contributed by atoms with Crippen molar-refractivity contribution in [1.82, 2.24) is 4.98 Å². The van der Waals surface area contributed by atoms with Crippen LogP contribution in [0.4, 0.5) is 5.69 Å². The van der Waals surface area contributed by atoms with E-state index in [4.69, 9.17) is 32.7 Å². The van der Waals surface area contributed by atoms with Gasteiger partial charge in [0.15, 0.2) is 0 Å². The highest BCUT2D eigenvalue weighted by atomic mass is 35.5. The molecule has 1 aromatic heterocycles. The Hall–Kier alpha value is -2.47. The standard InChI is InChI=1S/C22H20Cl2N2O3/c23-18-4-1-2-6-21(18)28-16-8-7-15(14-27)20(12-16)26-11-9-17(13-26)29-22-19(24)5-3-10-25-22/h1-8,10,12,17,27H,9,11,13-14H2. The number of aliphatic hydroxyl groups excluding tert-OH is 1. The Morgan fingerprint density at radius 2 is 1.90 bits per heavy atom. The summed E-state index contributed by atoms with van der Waals surface area (Å²) in [6.45, 7) is 1.39. The Morgan fingerprint density at radius 3 is 2.69 bits per heavy atom. The second-order valence-corrected chi connectivity index (χ2v) is 7.56. The minimum absolute atomic E-state index is 0.0397. The summed E-state index contributed by atoms with van der Waals surface area (Å²) >= 11 is 12.4. The minimum atomic E-state index is -0.0597. The van der Waals surface area contributed by atoms with Crippen molar-refractivity contribution >= 4 is 28.9 Å². The summed E-state index contributed by atoms with van der Waals surface area (Å²) in [5.41, 5.74) is 1.74. The maximum Gasteiger partial charge on any atom is 0.232 e. The first-order valence-electron chi connectivity index (χ1n) is 9.32. The molecule has 1 N–H and O–H groups in total. The molecule has 1 atom stereocenters. The largest absolute Gasteiger partial charge is 0.471 e. The van der Waals surface area contributed by atoms with Crippen molar-refractivity contribution in [2.75, 3.05) is 18.0 Å². The van der Waals surface area contributed by atoms with E-state index in [1.165, 1.54) is 0 Å². The van der Waals surface area contributed by atoms with Crippen LogP contribution in [0.25, 0.3) is 0 Å². The van der Waals surface area contributed by atoms with E-state index in [2.05, 4.69) is 9.88 Å². The lowest BCUT2D eigenvalue weighted by Crippen LogP contribution is -2.25. The fourth-order valence-corrected chi connectivity index (χ4v) is 3.69. The van der Waals surface area contributed by atoms with Crippen molar-refractivity contribution in [3.05, 3.63) is 76.4 Å². The summed E-state index contributed by atoms with van der Waals surface area (Å²) in [4.78, 5) is 6.37. The van der Waals surface area contributed by atoms with E-state index in [1.54, 1.807) is 24.4 Å². The van der Waals surface area contributed by atoms with Crippen LogP contribution in [-0.4, -0.2) is 29.3 Å². The number of aromatic nitrogens is 1. The fourth-order valence-electron chi connectivity index (χ4n) is 3.35. The highest BCUT2D eigenvalue weighted by Gasteiger charge is 2.27. The molecule has 1 aliphatic rings. The van der Waals surface area contributed by atoms with Crippen molar-refractivity contribution in [1.29, 1.82) is 0 Å². The van der Waals surface area contributed by atoms with Gasteiger partial charge in [-0.2, -0.15) is 0 Å². The van der Waals surface area contributed by atoms with Crippen LogP contribution in [-0.2, 0) is 6.61 Å². The predicted molar refractivity (Wildman–Crippen MR) is 114 cm³/mol. The Bertz CT molecular complexity index is 999. The fraction of sp³-hybridized carbons (Fsp3) is 0.227. The number of halogens is 2.